The average molecular weight is 296 g/mol. The van der Waals surface area contributed by atoms with E-state index in [9.17, 15) is 8.42 Å². The molecule has 2 heterocycles. The summed E-state index contributed by atoms with van der Waals surface area (Å²) in [6.07, 6.45) is 4.77. The van der Waals surface area contributed by atoms with E-state index in [1.807, 2.05) is 13.0 Å². The highest BCUT2D eigenvalue weighted by molar-refractivity contribution is 7.91. The maximum atomic E-state index is 11.6. The predicted molar refractivity (Wildman–Crippen MR) is 78.8 cm³/mol. The number of anilines is 2. The maximum Gasteiger partial charge on any atom is 0.224 e. The predicted octanol–water partition coefficient (Wildman–Crippen LogP) is 1.06. The van der Waals surface area contributed by atoms with Gasteiger partial charge >= 0.3 is 0 Å². The molecule has 2 aliphatic rings. The number of nitrogens with zero attached hydrogens (tertiary/aromatic N) is 3. The van der Waals surface area contributed by atoms with Crippen LogP contribution in [0.2, 0.25) is 0 Å². The molecule has 1 saturated carbocycles. The minimum atomic E-state index is -2.88. The molecule has 0 bridgehead atoms. The Hall–Kier alpha value is -1.37. The van der Waals surface area contributed by atoms with Crippen LogP contribution in [0, 0.1) is 0 Å². The van der Waals surface area contributed by atoms with Crippen molar-refractivity contribution in [2.24, 2.45) is 0 Å². The molecular weight excluding hydrogens is 276 g/mol. The first kappa shape index (κ1) is 13.6. The molecule has 0 spiro atoms. The minimum absolute atomic E-state index is 0.0358. The van der Waals surface area contributed by atoms with Gasteiger partial charge in [0.15, 0.2) is 9.84 Å². The Kier molecular flexibility index (Phi) is 3.54. The zero-order chi connectivity index (χ0) is 14.2. The molecule has 0 amide bonds. The van der Waals surface area contributed by atoms with Crippen LogP contribution in [-0.4, -0.2) is 48.5 Å². The second kappa shape index (κ2) is 5.20. The lowest BCUT2D eigenvalue weighted by atomic mass is 10.2. The van der Waals surface area contributed by atoms with Crippen LogP contribution in [0.4, 0.5) is 11.8 Å². The molecule has 0 radical (unpaired) electrons. The van der Waals surface area contributed by atoms with E-state index in [-0.39, 0.29) is 17.5 Å². The molecule has 1 aliphatic heterocycles. The number of nitrogens with one attached hydrogen (secondary N) is 1. The minimum Gasteiger partial charge on any atom is -0.353 e. The van der Waals surface area contributed by atoms with Crippen molar-refractivity contribution < 1.29 is 8.42 Å². The van der Waals surface area contributed by atoms with Crippen molar-refractivity contribution in [2.45, 2.75) is 38.3 Å². The zero-order valence-electron chi connectivity index (χ0n) is 11.6. The third-order valence-corrected chi connectivity index (χ3v) is 5.59. The number of aromatic nitrogens is 2. The normalized spacial score (nSPS) is 24.6. The van der Waals surface area contributed by atoms with E-state index in [0.717, 1.165) is 12.4 Å². The number of hydrogen-bond acceptors (Lipinski definition) is 6. The van der Waals surface area contributed by atoms with Crippen LogP contribution in [0.3, 0.4) is 0 Å². The smallest absolute Gasteiger partial charge is 0.224 e. The van der Waals surface area contributed by atoms with E-state index < -0.39 is 9.84 Å². The zero-order valence-corrected chi connectivity index (χ0v) is 12.4. The summed E-state index contributed by atoms with van der Waals surface area (Å²) >= 11 is 0. The summed E-state index contributed by atoms with van der Waals surface area (Å²) in [6.45, 7) is 2.78. The molecule has 20 heavy (non-hydrogen) atoms. The summed E-state index contributed by atoms with van der Waals surface area (Å²) in [4.78, 5) is 10.8. The molecular formula is C13H20N4O2S. The van der Waals surface area contributed by atoms with E-state index in [1.54, 1.807) is 6.20 Å². The first-order valence-electron chi connectivity index (χ1n) is 7.14. The summed E-state index contributed by atoms with van der Waals surface area (Å²) < 4.78 is 23.3. The first-order chi connectivity index (χ1) is 9.57. The lowest BCUT2D eigenvalue weighted by Crippen LogP contribution is -2.36. The largest absolute Gasteiger partial charge is 0.353 e. The lowest BCUT2D eigenvalue weighted by Gasteiger charge is -2.28. The van der Waals surface area contributed by atoms with Crippen molar-refractivity contribution in [1.29, 1.82) is 0 Å². The van der Waals surface area contributed by atoms with Crippen molar-refractivity contribution in [3.8, 4) is 0 Å². The van der Waals surface area contributed by atoms with E-state index in [1.165, 1.54) is 12.8 Å². The average Bonchev–Trinajstić information content (AvgIpc) is 3.14. The van der Waals surface area contributed by atoms with Crippen LogP contribution >= 0.6 is 0 Å². The molecule has 7 heteroatoms. The summed E-state index contributed by atoms with van der Waals surface area (Å²) in [5, 5.41) is 3.27. The SMILES string of the molecule is CCN(c1ccnc(NC2CC2)n1)C1CCS(=O)(=O)C1. The van der Waals surface area contributed by atoms with E-state index in [0.29, 0.717) is 18.4 Å². The molecule has 1 saturated heterocycles. The van der Waals surface area contributed by atoms with Gasteiger partial charge in [-0.3, -0.25) is 0 Å². The fourth-order valence-electron chi connectivity index (χ4n) is 2.62. The highest BCUT2D eigenvalue weighted by Crippen LogP contribution is 2.26. The molecule has 1 aliphatic carbocycles. The summed E-state index contributed by atoms with van der Waals surface area (Å²) in [7, 11) is -2.88. The lowest BCUT2D eigenvalue weighted by molar-refractivity contribution is 0.599. The van der Waals surface area contributed by atoms with Gasteiger partial charge in [-0.1, -0.05) is 0 Å². The molecule has 1 N–H and O–H groups in total. The van der Waals surface area contributed by atoms with Gasteiger partial charge in [0, 0.05) is 24.8 Å². The molecule has 0 aromatic carbocycles. The van der Waals surface area contributed by atoms with E-state index >= 15 is 0 Å². The van der Waals surface area contributed by atoms with Crippen molar-refractivity contribution in [1.82, 2.24) is 9.97 Å². The molecule has 3 rings (SSSR count). The summed E-state index contributed by atoms with van der Waals surface area (Å²) in [5.41, 5.74) is 0. The van der Waals surface area contributed by atoms with Gasteiger partial charge < -0.3 is 10.2 Å². The molecule has 1 aromatic heterocycles. The molecule has 1 unspecified atom stereocenters. The molecule has 1 atom stereocenters. The van der Waals surface area contributed by atoms with Crippen LogP contribution in [0.15, 0.2) is 12.3 Å². The Morgan fingerprint density at radius 1 is 1.40 bits per heavy atom. The van der Waals surface area contributed by atoms with Crippen molar-refractivity contribution in [2.75, 3.05) is 28.3 Å². The Labute approximate surface area is 119 Å². The van der Waals surface area contributed by atoms with Crippen LogP contribution in [0.1, 0.15) is 26.2 Å². The Balaban J connectivity index is 1.78. The van der Waals surface area contributed by atoms with Crippen LogP contribution in [0.5, 0.6) is 0 Å². The third kappa shape index (κ3) is 3.03. The Morgan fingerprint density at radius 3 is 2.80 bits per heavy atom. The summed E-state index contributed by atoms with van der Waals surface area (Å²) in [5.74, 6) is 1.97. The van der Waals surface area contributed by atoms with Gasteiger partial charge in [0.2, 0.25) is 5.95 Å². The van der Waals surface area contributed by atoms with Gasteiger partial charge in [0.05, 0.1) is 11.5 Å². The van der Waals surface area contributed by atoms with Crippen molar-refractivity contribution in [3.63, 3.8) is 0 Å². The highest BCUT2D eigenvalue weighted by atomic mass is 32.2. The molecule has 2 fully saturated rings. The molecule has 6 nitrogen and oxygen atoms in total. The van der Waals surface area contributed by atoms with Gasteiger partial charge in [-0.2, -0.15) is 4.98 Å². The van der Waals surface area contributed by atoms with E-state index in [4.69, 9.17) is 0 Å². The topological polar surface area (TPSA) is 75.2 Å². The Morgan fingerprint density at radius 2 is 2.20 bits per heavy atom. The van der Waals surface area contributed by atoms with Crippen molar-refractivity contribution >= 4 is 21.6 Å². The molecule has 110 valence electrons. The Bertz CT molecular complexity index is 586. The van der Waals surface area contributed by atoms with Crippen molar-refractivity contribution in [3.05, 3.63) is 12.3 Å². The number of rotatable bonds is 5. The third-order valence-electron chi connectivity index (χ3n) is 3.84. The van der Waals surface area contributed by atoms with E-state index in [2.05, 4.69) is 20.2 Å². The second-order valence-corrected chi connectivity index (χ2v) is 7.73. The van der Waals surface area contributed by atoms with Crippen LogP contribution in [0.25, 0.3) is 0 Å². The fraction of sp³-hybridized carbons (Fsp3) is 0.692. The monoisotopic (exact) mass is 296 g/mol. The van der Waals surface area contributed by atoms with Gasteiger partial charge in [-0.25, -0.2) is 13.4 Å². The quantitative estimate of drug-likeness (QED) is 0.876. The van der Waals surface area contributed by atoms with Gasteiger partial charge in [-0.05, 0) is 32.3 Å². The highest BCUT2D eigenvalue weighted by Gasteiger charge is 2.32. The van der Waals surface area contributed by atoms with Crippen LogP contribution < -0.4 is 10.2 Å². The second-order valence-electron chi connectivity index (χ2n) is 5.50. The maximum absolute atomic E-state index is 11.6. The number of hydrogen-bond donors (Lipinski definition) is 1. The van der Waals surface area contributed by atoms with Gasteiger partial charge in [-0.15, -0.1) is 0 Å². The first-order valence-corrected chi connectivity index (χ1v) is 8.96. The summed E-state index contributed by atoms with van der Waals surface area (Å²) in [6, 6.07) is 2.40. The molecule has 1 aromatic rings. The standard InChI is InChI=1S/C13H20N4O2S/c1-2-17(11-6-8-20(18,19)9-11)12-5-7-14-13(16-12)15-10-3-4-10/h5,7,10-11H,2-4,6,8-9H2,1H3,(H,14,15,16). The van der Waals surface area contributed by atoms with Gasteiger partial charge in [0.1, 0.15) is 5.82 Å². The van der Waals surface area contributed by atoms with Gasteiger partial charge in [0.25, 0.3) is 0 Å². The fourth-order valence-corrected chi connectivity index (χ4v) is 4.35. The number of sulfone groups is 1. The van der Waals surface area contributed by atoms with Crippen LogP contribution in [-0.2, 0) is 9.84 Å².